The van der Waals surface area contributed by atoms with E-state index in [9.17, 15) is 5.11 Å². The Morgan fingerprint density at radius 2 is 1.87 bits per heavy atom. The number of ether oxygens (including phenoxy) is 2. The molecule has 1 fully saturated rings. The van der Waals surface area contributed by atoms with Crippen LogP contribution in [0.1, 0.15) is 17.2 Å². The van der Waals surface area contributed by atoms with E-state index in [4.69, 9.17) is 9.47 Å². The van der Waals surface area contributed by atoms with Crippen molar-refractivity contribution >= 4 is 0 Å². The molecule has 0 aliphatic carbocycles. The zero-order chi connectivity index (χ0) is 16.1. The summed E-state index contributed by atoms with van der Waals surface area (Å²) < 4.78 is 11.0. The van der Waals surface area contributed by atoms with Crippen molar-refractivity contribution in [1.82, 2.24) is 4.90 Å². The molecule has 1 heterocycles. The maximum atomic E-state index is 9.73. The fraction of sp³-hybridized carbons (Fsp3) is 0.368. The van der Waals surface area contributed by atoms with Gasteiger partial charge in [-0.2, -0.15) is 0 Å². The minimum Gasteiger partial charge on any atom is -0.497 e. The Bertz CT molecular complexity index is 600. The van der Waals surface area contributed by atoms with Gasteiger partial charge in [0.05, 0.1) is 26.4 Å². The Morgan fingerprint density at radius 1 is 1.13 bits per heavy atom. The van der Waals surface area contributed by atoms with Gasteiger partial charge in [-0.25, -0.2) is 0 Å². The van der Waals surface area contributed by atoms with Gasteiger partial charge in [0.15, 0.2) is 0 Å². The van der Waals surface area contributed by atoms with Crippen molar-refractivity contribution < 1.29 is 14.6 Å². The number of aliphatic hydroxyl groups excluding tert-OH is 1. The third-order valence-electron chi connectivity index (χ3n) is 4.32. The summed E-state index contributed by atoms with van der Waals surface area (Å²) in [4.78, 5) is 2.38. The summed E-state index contributed by atoms with van der Waals surface area (Å²) in [5.74, 6) is 0.834. The molecule has 0 aromatic heterocycles. The molecule has 2 aromatic rings. The lowest BCUT2D eigenvalue weighted by Crippen LogP contribution is -2.46. The van der Waals surface area contributed by atoms with Crippen LogP contribution in [-0.2, 0) is 11.3 Å². The average Bonchev–Trinajstić information content (AvgIpc) is 2.62. The largest absolute Gasteiger partial charge is 0.497 e. The topological polar surface area (TPSA) is 41.9 Å². The van der Waals surface area contributed by atoms with Gasteiger partial charge in [0.1, 0.15) is 11.9 Å². The number of hydrogen-bond donors (Lipinski definition) is 1. The van der Waals surface area contributed by atoms with E-state index in [1.54, 1.807) is 7.11 Å². The van der Waals surface area contributed by atoms with Gasteiger partial charge in [-0.3, -0.25) is 4.90 Å². The lowest BCUT2D eigenvalue weighted by molar-refractivity contribution is -0.0960. The maximum absolute atomic E-state index is 9.73. The number of rotatable bonds is 5. The smallest absolute Gasteiger partial charge is 0.118 e. The first-order chi connectivity index (χ1) is 11.3. The average molecular weight is 313 g/mol. The fourth-order valence-corrected chi connectivity index (χ4v) is 3.16. The van der Waals surface area contributed by atoms with Gasteiger partial charge in [-0.15, -0.1) is 0 Å². The van der Waals surface area contributed by atoms with Crippen LogP contribution in [0.4, 0.5) is 0 Å². The highest BCUT2D eigenvalue weighted by Gasteiger charge is 2.33. The molecule has 122 valence electrons. The van der Waals surface area contributed by atoms with Crippen LogP contribution in [0.15, 0.2) is 54.6 Å². The van der Waals surface area contributed by atoms with Gasteiger partial charge in [-0.1, -0.05) is 42.5 Å². The SMILES string of the molecule is COc1ccc([C@H]2[C@H](CO)OCCN2Cc2ccccc2)cc1. The van der Waals surface area contributed by atoms with Crippen LogP contribution >= 0.6 is 0 Å². The Balaban J connectivity index is 1.85. The van der Waals surface area contributed by atoms with E-state index in [1.807, 2.05) is 18.2 Å². The fourth-order valence-electron chi connectivity index (χ4n) is 3.16. The van der Waals surface area contributed by atoms with Gasteiger partial charge in [0.25, 0.3) is 0 Å². The number of aliphatic hydroxyl groups is 1. The molecule has 0 amide bonds. The zero-order valence-electron chi connectivity index (χ0n) is 13.4. The molecular weight excluding hydrogens is 290 g/mol. The first-order valence-corrected chi connectivity index (χ1v) is 7.96. The van der Waals surface area contributed by atoms with Crippen molar-refractivity contribution in [2.75, 3.05) is 26.9 Å². The van der Waals surface area contributed by atoms with Gasteiger partial charge in [0, 0.05) is 13.1 Å². The van der Waals surface area contributed by atoms with E-state index in [2.05, 4.69) is 41.3 Å². The lowest BCUT2D eigenvalue weighted by atomic mass is 9.97. The highest BCUT2D eigenvalue weighted by molar-refractivity contribution is 5.30. The molecule has 0 unspecified atom stereocenters. The van der Waals surface area contributed by atoms with Crippen molar-refractivity contribution in [3.63, 3.8) is 0 Å². The molecule has 0 saturated carbocycles. The summed E-state index contributed by atoms with van der Waals surface area (Å²) >= 11 is 0. The summed E-state index contributed by atoms with van der Waals surface area (Å²) in [6, 6.07) is 18.5. The van der Waals surface area contributed by atoms with Gasteiger partial charge >= 0.3 is 0 Å². The van der Waals surface area contributed by atoms with E-state index >= 15 is 0 Å². The normalized spacial score (nSPS) is 22.0. The van der Waals surface area contributed by atoms with Crippen molar-refractivity contribution in [1.29, 1.82) is 0 Å². The van der Waals surface area contributed by atoms with Crippen LogP contribution in [0, 0.1) is 0 Å². The van der Waals surface area contributed by atoms with Gasteiger partial charge in [-0.05, 0) is 23.3 Å². The van der Waals surface area contributed by atoms with E-state index in [1.165, 1.54) is 5.56 Å². The summed E-state index contributed by atoms with van der Waals surface area (Å²) in [5, 5.41) is 9.73. The molecule has 3 rings (SSSR count). The van der Waals surface area contributed by atoms with Crippen LogP contribution in [0.5, 0.6) is 5.75 Å². The molecule has 1 aliphatic heterocycles. The first kappa shape index (κ1) is 16.0. The number of morpholine rings is 1. The van der Waals surface area contributed by atoms with Crippen LogP contribution in [0.3, 0.4) is 0 Å². The lowest BCUT2D eigenvalue weighted by Gasteiger charge is -2.41. The number of hydrogen-bond acceptors (Lipinski definition) is 4. The maximum Gasteiger partial charge on any atom is 0.118 e. The molecule has 23 heavy (non-hydrogen) atoms. The van der Waals surface area contributed by atoms with Crippen LogP contribution in [0.2, 0.25) is 0 Å². The van der Waals surface area contributed by atoms with E-state index < -0.39 is 0 Å². The van der Waals surface area contributed by atoms with Gasteiger partial charge in [0.2, 0.25) is 0 Å². The third-order valence-corrected chi connectivity index (χ3v) is 4.32. The Morgan fingerprint density at radius 3 is 2.52 bits per heavy atom. The second kappa shape index (κ2) is 7.59. The van der Waals surface area contributed by atoms with E-state index in [-0.39, 0.29) is 18.8 Å². The third kappa shape index (κ3) is 3.72. The first-order valence-electron chi connectivity index (χ1n) is 7.96. The number of methoxy groups -OCH3 is 1. The molecule has 2 atom stereocenters. The second-order valence-electron chi connectivity index (χ2n) is 5.77. The monoisotopic (exact) mass is 313 g/mol. The van der Waals surface area contributed by atoms with Gasteiger partial charge < -0.3 is 14.6 Å². The number of benzene rings is 2. The van der Waals surface area contributed by atoms with Crippen LogP contribution in [0.25, 0.3) is 0 Å². The quantitative estimate of drug-likeness (QED) is 0.921. The van der Waals surface area contributed by atoms with Crippen molar-refractivity contribution in [3.05, 3.63) is 65.7 Å². The highest BCUT2D eigenvalue weighted by atomic mass is 16.5. The zero-order valence-corrected chi connectivity index (χ0v) is 13.4. The summed E-state index contributed by atoms with van der Waals surface area (Å²) in [5.41, 5.74) is 2.41. The molecule has 1 N–H and O–H groups in total. The molecule has 0 spiro atoms. The summed E-state index contributed by atoms with van der Waals surface area (Å²) in [7, 11) is 1.66. The van der Waals surface area contributed by atoms with E-state index in [0.29, 0.717) is 6.61 Å². The standard InChI is InChI=1S/C19H23NO3/c1-22-17-9-7-16(8-10-17)19-18(14-21)23-12-11-20(19)13-15-5-3-2-4-6-15/h2-10,18-19,21H,11-14H2,1H3/t18-,19-/m0/s1. The second-order valence-corrected chi connectivity index (χ2v) is 5.77. The van der Waals surface area contributed by atoms with Crippen LogP contribution in [-0.4, -0.2) is 43.0 Å². The van der Waals surface area contributed by atoms with E-state index in [0.717, 1.165) is 24.4 Å². The summed E-state index contributed by atoms with van der Waals surface area (Å²) in [6.07, 6.45) is -0.208. The predicted octanol–water partition coefficient (Wildman–Crippen LogP) is 2.63. The molecular formula is C19H23NO3. The van der Waals surface area contributed by atoms with Crippen molar-refractivity contribution in [2.24, 2.45) is 0 Å². The molecule has 1 saturated heterocycles. The molecule has 0 bridgehead atoms. The molecule has 4 heteroatoms. The predicted molar refractivity (Wildman–Crippen MR) is 89.4 cm³/mol. The Labute approximate surface area is 137 Å². The minimum absolute atomic E-state index is 0.0159. The molecule has 0 radical (unpaired) electrons. The van der Waals surface area contributed by atoms with Crippen LogP contribution < -0.4 is 4.74 Å². The number of nitrogens with zero attached hydrogens (tertiary/aromatic N) is 1. The molecule has 1 aliphatic rings. The molecule has 2 aromatic carbocycles. The summed E-state index contributed by atoms with van der Waals surface area (Å²) in [6.45, 7) is 2.35. The Hall–Kier alpha value is -1.88. The van der Waals surface area contributed by atoms with Crippen molar-refractivity contribution in [2.45, 2.75) is 18.7 Å². The molecule has 4 nitrogen and oxygen atoms in total. The minimum atomic E-state index is -0.208. The Kier molecular flexibility index (Phi) is 5.28. The highest BCUT2D eigenvalue weighted by Crippen LogP contribution is 2.31. The van der Waals surface area contributed by atoms with Crippen molar-refractivity contribution in [3.8, 4) is 5.75 Å².